The lowest BCUT2D eigenvalue weighted by atomic mass is 10.3. The topological polar surface area (TPSA) is 159 Å². The minimum absolute atomic E-state index is 0. The van der Waals surface area contributed by atoms with Gasteiger partial charge >= 0.3 is 0 Å². The third-order valence-electron chi connectivity index (χ3n) is 4.46. The quantitative estimate of drug-likeness (QED) is 0.581. The van der Waals surface area contributed by atoms with E-state index in [0.29, 0.717) is 36.4 Å². The van der Waals surface area contributed by atoms with E-state index in [2.05, 4.69) is 24.9 Å². The standard InChI is InChI=1S/C14H18N8O3S.2ClH/c1-2-22-12-9(18-14(22)11-13(16)20-25-19-11)5-17-6-10(12)26(23,24)21-4-3-8(15)7-21;;/h5-6,8H,2-4,7,15H2,1H3,(H2,16,20);2*1H/t8-;;/m0../s1. The summed E-state index contributed by atoms with van der Waals surface area (Å²) in [4.78, 5) is 8.59. The molecule has 0 aliphatic carbocycles. The summed E-state index contributed by atoms with van der Waals surface area (Å²) in [6.07, 6.45) is 3.47. The number of fused-ring (bicyclic) bond motifs is 1. The summed E-state index contributed by atoms with van der Waals surface area (Å²) in [6, 6.07) is -0.162. The minimum atomic E-state index is -3.76. The zero-order chi connectivity index (χ0) is 18.5. The molecule has 4 N–H and O–H groups in total. The molecule has 154 valence electrons. The molecule has 1 aliphatic heterocycles. The van der Waals surface area contributed by atoms with Crippen LogP contribution in [-0.4, -0.2) is 56.7 Å². The van der Waals surface area contributed by atoms with Gasteiger partial charge in [0, 0.05) is 31.9 Å². The number of nitrogens with zero attached hydrogens (tertiary/aromatic N) is 6. The molecule has 3 aromatic heterocycles. The highest BCUT2D eigenvalue weighted by Gasteiger charge is 2.34. The van der Waals surface area contributed by atoms with Crippen LogP contribution in [-0.2, 0) is 16.6 Å². The third kappa shape index (κ3) is 3.42. The van der Waals surface area contributed by atoms with Crippen LogP contribution < -0.4 is 11.5 Å². The molecule has 4 heterocycles. The van der Waals surface area contributed by atoms with Crippen molar-refractivity contribution >= 4 is 51.7 Å². The van der Waals surface area contributed by atoms with E-state index < -0.39 is 10.0 Å². The van der Waals surface area contributed by atoms with Crippen molar-refractivity contribution in [2.45, 2.75) is 30.8 Å². The average Bonchev–Trinajstić information content (AvgIpc) is 3.31. The van der Waals surface area contributed by atoms with Crippen molar-refractivity contribution in [3.8, 4) is 11.5 Å². The maximum atomic E-state index is 13.1. The zero-order valence-corrected chi connectivity index (χ0v) is 17.3. The van der Waals surface area contributed by atoms with Gasteiger partial charge in [-0.2, -0.15) is 4.31 Å². The van der Waals surface area contributed by atoms with Crippen LogP contribution in [0.25, 0.3) is 22.6 Å². The second kappa shape index (κ2) is 8.17. The molecular weight excluding hydrogens is 431 g/mol. The van der Waals surface area contributed by atoms with Gasteiger partial charge in [0.1, 0.15) is 10.4 Å². The molecule has 0 aromatic carbocycles. The van der Waals surface area contributed by atoms with E-state index >= 15 is 0 Å². The maximum absolute atomic E-state index is 13.1. The van der Waals surface area contributed by atoms with Crippen LogP contribution >= 0.6 is 24.8 Å². The van der Waals surface area contributed by atoms with E-state index in [4.69, 9.17) is 11.5 Å². The van der Waals surface area contributed by atoms with Gasteiger partial charge in [-0.25, -0.2) is 18.0 Å². The van der Waals surface area contributed by atoms with Crippen molar-refractivity contribution in [1.82, 2.24) is 29.2 Å². The molecule has 1 saturated heterocycles. The van der Waals surface area contributed by atoms with Crippen LogP contribution in [0.1, 0.15) is 13.3 Å². The molecular formula is C14H20Cl2N8O3S. The number of imidazole rings is 1. The number of aromatic nitrogens is 5. The maximum Gasteiger partial charge on any atom is 0.246 e. The fourth-order valence-corrected chi connectivity index (χ4v) is 4.86. The van der Waals surface area contributed by atoms with E-state index in [9.17, 15) is 8.42 Å². The van der Waals surface area contributed by atoms with Gasteiger partial charge in [-0.1, -0.05) is 0 Å². The molecule has 0 amide bonds. The number of hydrogen-bond donors (Lipinski definition) is 2. The van der Waals surface area contributed by atoms with E-state index in [1.165, 1.54) is 16.7 Å². The molecule has 1 aliphatic rings. The molecule has 0 spiro atoms. The number of aryl methyl sites for hydroxylation is 1. The van der Waals surface area contributed by atoms with Gasteiger partial charge in [-0.05, 0) is 23.7 Å². The van der Waals surface area contributed by atoms with Gasteiger partial charge < -0.3 is 16.0 Å². The van der Waals surface area contributed by atoms with Crippen LogP contribution in [0.4, 0.5) is 5.82 Å². The van der Waals surface area contributed by atoms with Gasteiger partial charge in [0.15, 0.2) is 17.3 Å². The Labute approximate surface area is 173 Å². The fourth-order valence-electron chi connectivity index (χ4n) is 3.20. The predicted molar refractivity (Wildman–Crippen MR) is 107 cm³/mol. The van der Waals surface area contributed by atoms with Crippen molar-refractivity contribution in [2.24, 2.45) is 5.73 Å². The highest BCUT2D eigenvalue weighted by molar-refractivity contribution is 7.89. The van der Waals surface area contributed by atoms with Crippen LogP contribution in [0.2, 0.25) is 0 Å². The van der Waals surface area contributed by atoms with Gasteiger partial charge in [-0.15, -0.1) is 24.8 Å². The van der Waals surface area contributed by atoms with E-state index in [1.54, 1.807) is 4.57 Å². The molecule has 0 unspecified atom stereocenters. The monoisotopic (exact) mass is 450 g/mol. The lowest BCUT2D eigenvalue weighted by molar-refractivity contribution is 0.310. The Balaban J connectivity index is 0.00000140. The van der Waals surface area contributed by atoms with Crippen LogP contribution in [0, 0.1) is 0 Å². The molecule has 11 nitrogen and oxygen atoms in total. The number of rotatable bonds is 4. The normalized spacial score (nSPS) is 17.4. The summed E-state index contributed by atoms with van der Waals surface area (Å²) in [5, 5.41) is 7.34. The number of sulfonamides is 1. The summed E-state index contributed by atoms with van der Waals surface area (Å²) < 4.78 is 34.0. The van der Waals surface area contributed by atoms with E-state index in [0.717, 1.165) is 0 Å². The first-order valence-electron chi connectivity index (χ1n) is 8.11. The number of nitrogen functional groups attached to an aromatic ring is 1. The lowest BCUT2D eigenvalue weighted by Gasteiger charge is -2.17. The Bertz CT molecular complexity index is 1080. The highest BCUT2D eigenvalue weighted by Crippen LogP contribution is 2.31. The number of hydrogen-bond acceptors (Lipinski definition) is 9. The van der Waals surface area contributed by atoms with Crippen molar-refractivity contribution in [3.63, 3.8) is 0 Å². The number of anilines is 1. The van der Waals surface area contributed by atoms with Gasteiger partial charge in [0.2, 0.25) is 10.0 Å². The lowest BCUT2D eigenvalue weighted by Crippen LogP contribution is -2.32. The predicted octanol–water partition coefficient (Wildman–Crippen LogP) is 0.649. The summed E-state index contributed by atoms with van der Waals surface area (Å²) in [5.74, 6) is 0.460. The second-order valence-corrected chi connectivity index (χ2v) is 8.00. The number of pyridine rings is 1. The van der Waals surface area contributed by atoms with Crippen molar-refractivity contribution in [1.29, 1.82) is 0 Å². The smallest absolute Gasteiger partial charge is 0.246 e. The van der Waals surface area contributed by atoms with Crippen LogP contribution in [0.3, 0.4) is 0 Å². The SMILES string of the molecule is CCn1c(-c2nonc2N)nc2cncc(S(=O)(=O)N3CC[C@H](N)C3)c21.Cl.Cl. The Hall–Kier alpha value is -1.99. The Kier molecular flexibility index (Phi) is 6.51. The molecule has 28 heavy (non-hydrogen) atoms. The first-order chi connectivity index (χ1) is 12.4. The highest BCUT2D eigenvalue weighted by atomic mass is 35.5. The Morgan fingerprint density at radius 3 is 2.61 bits per heavy atom. The molecule has 1 fully saturated rings. The van der Waals surface area contributed by atoms with Crippen molar-refractivity contribution in [3.05, 3.63) is 12.4 Å². The van der Waals surface area contributed by atoms with E-state index in [1.807, 2.05) is 6.92 Å². The average molecular weight is 451 g/mol. The Morgan fingerprint density at radius 1 is 1.29 bits per heavy atom. The zero-order valence-electron chi connectivity index (χ0n) is 14.8. The van der Waals surface area contributed by atoms with Crippen LogP contribution in [0.5, 0.6) is 0 Å². The molecule has 3 aromatic rings. The second-order valence-electron chi connectivity index (χ2n) is 6.09. The minimum Gasteiger partial charge on any atom is -0.379 e. The van der Waals surface area contributed by atoms with Gasteiger partial charge in [-0.3, -0.25) is 4.98 Å². The first kappa shape index (κ1) is 22.3. The first-order valence-corrected chi connectivity index (χ1v) is 9.55. The summed E-state index contributed by atoms with van der Waals surface area (Å²) in [7, 11) is -3.76. The van der Waals surface area contributed by atoms with Crippen LogP contribution in [0.15, 0.2) is 21.9 Å². The Morgan fingerprint density at radius 2 is 2.04 bits per heavy atom. The summed E-state index contributed by atoms with van der Waals surface area (Å²) in [6.45, 7) is 2.99. The molecule has 0 bridgehead atoms. The van der Waals surface area contributed by atoms with E-state index in [-0.39, 0.29) is 53.8 Å². The molecule has 0 radical (unpaired) electrons. The molecule has 4 rings (SSSR count). The third-order valence-corrected chi connectivity index (χ3v) is 6.33. The molecule has 14 heteroatoms. The number of nitrogens with two attached hydrogens (primary N) is 2. The fraction of sp³-hybridized carbons (Fsp3) is 0.429. The molecule has 1 atom stereocenters. The summed E-state index contributed by atoms with van der Waals surface area (Å²) >= 11 is 0. The largest absolute Gasteiger partial charge is 0.379 e. The van der Waals surface area contributed by atoms with Crippen molar-refractivity contribution in [2.75, 3.05) is 18.8 Å². The van der Waals surface area contributed by atoms with Crippen molar-refractivity contribution < 1.29 is 13.0 Å². The van der Waals surface area contributed by atoms with Gasteiger partial charge in [0.25, 0.3) is 0 Å². The van der Waals surface area contributed by atoms with Gasteiger partial charge in [0.05, 0.1) is 11.7 Å². The molecule has 0 saturated carbocycles. The number of halogens is 2. The summed E-state index contributed by atoms with van der Waals surface area (Å²) in [5.41, 5.74) is 12.8.